The van der Waals surface area contributed by atoms with Crippen molar-refractivity contribution >= 4 is 29.9 Å². The predicted molar refractivity (Wildman–Crippen MR) is 124 cm³/mol. The summed E-state index contributed by atoms with van der Waals surface area (Å²) in [5.74, 6) is 1.49. The third-order valence-corrected chi connectivity index (χ3v) is 4.74. The van der Waals surface area contributed by atoms with E-state index in [0.717, 1.165) is 78.0 Å². The first kappa shape index (κ1) is 26.8. The average Bonchev–Trinajstić information content (AvgIpc) is 2.62. The number of guanidine groups is 1. The van der Waals surface area contributed by atoms with Crippen LogP contribution in [0.4, 0.5) is 0 Å². The Kier molecular flexibility index (Phi) is 16.7. The average molecular weight is 499 g/mol. The van der Waals surface area contributed by atoms with Gasteiger partial charge in [0.2, 0.25) is 0 Å². The van der Waals surface area contributed by atoms with Crippen LogP contribution in [0.5, 0.6) is 0 Å². The summed E-state index contributed by atoms with van der Waals surface area (Å²) in [4.78, 5) is 9.69. The maximum Gasteiger partial charge on any atom is 0.191 e. The molecule has 0 saturated carbocycles. The first-order chi connectivity index (χ1) is 12.6. The summed E-state index contributed by atoms with van der Waals surface area (Å²) in [6.45, 7) is 15.8. The van der Waals surface area contributed by atoms with E-state index in [1.54, 1.807) is 7.11 Å². The van der Waals surface area contributed by atoms with E-state index in [-0.39, 0.29) is 24.0 Å². The van der Waals surface area contributed by atoms with Crippen molar-refractivity contribution in [2.45, 2.75) is 33.2 Å². The number of ether oxygens (including phenoxy) is 2. The van der Waals surface area contributed by atoms with Crippen molar-refractivity contribution in [1.82, 2.24) is 20.4 Å². The maximum atomic E-state index is 5.49. The summed E-state index contributed by atoms with van der Waals surface area (Å²) < 4.78 is 10.6. The topological polar surface area (TPSA) is 61.4 Å². The number of halogens is 1. The number of nitrogens with one attached hydrogen (secondary N) is 2. The third kappa shape index (κ3) is 12.1. The van der Waals surface area contributed by atoms with Crippen molar-refractivity contribution in [2.75, 3.05) is 79.8 Å². The van der Waals surface area contributed by atoms with Gasteiger partial charge < -0.3 is 25.0 Å². The summed E-state index contributed by atoms with van der Waals surface area (Å²) in [6, 6.07) is 0.464. The number of nitrogens with zero attached hydrogens (tertiary/aromatic N) is 3. The van der Waals surface area contributed by atoms with Crippen molar-refractivity contribution in [3.63, 3.8) is 0 Å². The molecule has 0 bridgehead atoms. The second-order valence-corrected chi connectivity index (χ2v) is 7.26. The van der Waals surface area contributed by atoms with Crippen LogP contribution in [0.25, 0.3) is 0 Å². The molecule has 7 nitrogen and oxygen atoms in total. The number of hydrogen-bond donors (Lipinski definition) is 2. The zero-order valence-corrected chi connectivity index (χ0v) is 20.3. The Morgan fingerprint density at radius 2 is 1.93 bits per heavy atom. The molecule has 1 rings (SSSR count). The molecule has 27 heavy (non-hydrogen) atoms. The van der Waals surface area contributed by atoms with E-state index in [2.05, 4.69) is 48.3 Å². The highest BCUT2D eigenvalue weighted by molar-refractivity contribution is 14.0. The van der Waals surface area contributed by atoms with E-state index >= 15 is 0 Å². The van der Waals surface area contributed by atoms with E-state index in [0.29, 0.717) is 12.0 Å². The number of morpholine rings is 1. The molecule has 1 aliphatic rings. The number of likely N-dealkylation sites (N-methyl/N-ethyl adjacent to an activating group) is 1. The molecule has 0 spiro atoms. The van der Waals surface area contributed by atoms with Gasteiger partial charge >= 0.3 is 0 Å². The van der Waals surface area contributed by atoms with Crippen LogP contribution in [0.3, 0.4) is 0 Å². The van der Waals surface area contributed by atoms with Gasteiger partial charge in [-0.25, -0.2) is 0 Å². The molecule has 0 amide bonds. The van der Waals surface area contributed by atoms with Crippen LogP contribution in [0.2, 0.25) is 0 Å². The van der Waals surface area contributed by atoms with Gasteiger partial charge in [-0.3, -0.25) is 9.89 Å². The second-order valence-electron chi connectivity index (χ2n) is 7.26. The van der Waals surface area contributed by atoms with Gasteiger partial charge in [-0.05, 0) is 26.3 Å². The molecule has 162 valence electrons. The molecule has 0 aliphatic carbocycles. The fourth-order valence-electron chi connectivity index (χ4n) is 3.14. The SMILES string of the molecule is CCNC(=NCC(C(C)C)N1CCOCC1)NCCN(C)CCCOC.I. The molecule has 1 atom stereocenters. The van der Waals surface area contributed by atoms with Gasteiger partial charge in [-0.1, -0.05) is 13.8 Å². The standard InChI is InChI=1S/C19H41N5O2.HI/c1-6-20-19(21-8-10-23(4)9-7-13-25-5)22-16-18(17(2)3)24-11-14-26-15-12-24;/h17-18H,6-16H2,1-5H3,(H2,20,21,22);1H. The highest BCUT2D eigenvalue weighted by atomic mass is 127. The Morgan fingerprint density at radius 1 is 1.22 bits per heavy atom. The van der Waals surface area contributed by atoms with Gasteiger partial charge in [0.15, 0.2) is 5.96 Å². The van der Waals surface area contributed by atoms with Gasteiger partial charge in [-0.2, -0.15) is 0 Å². The van der Waals surface area contributed by atoms with E-state index in [1.807, 2.05) is 0 Å². The number of hydrogen-bond acceptors (Lipinski definition) is 5. The summed E-state index contributed by atoms with van der Waals surface area (Å²) in [7, 11) is 3.90. The first-order valence-corrected chi connectivity index (χ1v) is 10.1. The zero-order chi connectivity index (χ0) is 19.2. The molecule has 0 aromatic carbocycles. The minimum absolute atomic E-state index is 0. The maximum absolute atomic E-state index is 5.49. The normalized spacial score (nSPS) is 17.1. The Morgan fingerprint density at radius 3 is 2.52 bits per heavy atom. The third-order valence-electron chi connectivity index (χ3n) is 4.74. The molecule has 0 aromatic heterocycles. The van der Waals surface area contributed by atoms with Gasteiger partial charge in [0.25, 0.3) is 0 Å². The molecule has 1 unspecified atom stereocenters. The molecule has 1 saturated heterocycles. The van der Waals surface area contributed by atoms with E-state index in [1.165, 1.54) is 0 Å². The summed E-state index contributed by atoms with van der Waals surface area (Å²) in [5.41, 5.74) is 0. The number of rotatable bonds is 12. The van der Waals surface area contributed by atoms with Crippen LogP contribution in [0.1, 0.15) is 27.2 Å². The Balaban J connectivity index is 0.00000676. The number of aliphatic imine (C=N–C) groups is 1. The van der Waals surface area contributed by atoms with Crippen molar-refractivity contribution in [2.24, 2.45) is 10.9 Å². The molecule has 0 aromatic rings. The summed E-state index contributed by atoms with van der Waals surface area (Å²) >= 11 is 0. The molecular weight excluding hydrogens is 457 g/mol. The monoisotopic (exact) mass is 499 g/mol. The van der Waals surface area contributed by atoms with Gasteiger partial charge in [-0.15, -0.1) is 24.0 Å². The van der Waals surface area contributed by atoms with E-state index in [4.69, 9.17) is 14.5 Å². The lowest BCUT2D eigenvalue weighted by molar-refractivity contribution is 0.00867. The van der Waals surface area contributed by atoms with Crippen LogP contribution in [-0.4, -0.2) is 102 Å². The van der Waals surface area contributed by atoms with Crippen molar-refractivity contribution < 1.29 is 9.47 Å². The van der Waals surface area contributed by atoms with Gasteiger partial charge in [0, 0.05) is 59.0 Å². The van der Waals surface area contributed by atoms with Crippen molar-refractivity contribution in [3.8, 4) is 0 Å². The lowest BCUT2D eigenvalue weighted by atomic mass is 10.0. The van der Waals surface area contributed by atoms with Crippen molar-refractivity contribution in [3.05, 3.63) is 0 Å². The highest BCUT2D eigenvalue weighted by Gasteiger charge is 2.23. The lowest BCUT2D eigenvalue weighted by Gasteiger charge is -2.36. The van der Waals surface area contributed by atoms with Gasteiger partial charge in [0.1, 0.15) is 0 Å². The van der Waals surface area contributed by atoms with Crippen LogP contribution in [0, 0.1) is 5.92 Å². The summed E-state index contributed by atoms with van der Waals surface area (Å²) in [6.07, 6.45) is 1.07. The van der Waals surface area contributed by atoms with Crippen LogP contribution >= 0.6 is 24.0 Å². The predicted octanol–water partition coefficient (Wildman–Crippen LogP) is 1.48. The molecule has 1 fully saturated rings. The first-order valence-electron chi connectivity index (χ1n) is 10.1. The molecule has 8 heteroatoms. The Labute approximate surface area is 183 Å². The smallest absolute Gasteiger partial charge is 0.191 e. The Bertz CT molecular complexity index is 379. The van der Waals surface area contributed by atoms with Crippen molar-refractivity contribution in [1.29, 1.82) is 0 Å². The van der Waals surface area contributed by atoms with E-state index < -0.39 is 0 Å². The highest BCUT2D eigenvalue weighted by Crippen LogP contribution is 2.13. The van der Waals surface area contributed by atoms with Gasteiger partial charge in [0.05, 0.1) is 19.8 Å². The molecular formula is C19H42IN5O2. The largest absolute Gasteiger partial charge is 0.385 e. The number of methoxy groups -OCH3 is 1. The fraction of sp³-hybridized carbons (Fsp3) is 0.947. The quantitative estimate of drug-likeness (QED) is 0.184. The minimum atomic E-state index is 0. The fourth-order valence-corrected chi connectivity index (χ4v) is 3.14. The molecule has 1 heterocycles. The van der Waals surface area contributed by atoms with E-state index in [9.17, 15) is 0 Å². The molecule has 0 radical (unpaired) electrons. The summed E-state index contributed by atoms with van der Waals surface area (Å²) in [5, 5.41) is 6.82. The van der Waals surface area contributed by atoms with Crippen LogP contribution in [-0.2, 0) is 9.47 Å². The lowest BCUT2D eigenvalue weighted by Crippen LogP contribution is -2.48. The second kappa shape index (κ2) is 16.8. The van der Waals surface area contributed by atoms with Crippen LogP contribution < -0.4 is 10.6 Å². The molecule has 1 aliphatic heterocycles. The van der Waals surface area contributed by atoms with Crippen LogP contribution in [0.15, 0.2) is 4.99 Å². The zero-order valence-electron chi connectivity index (χ0n) is 18.0. The minimum Gasteiger partial charge on any atom is -0.385 e. The molecule has 2 N–H and O–H groups in total. The Hall–Kier alpha value is -0.160.